The minimum atomic E-state index is 0.00775. The van der Waals surface area contributed by atoms with E-state index in [0.29, 0.717) is 0 Å². The van der Waals surface area contributed by atoms with Crippen molar-refractivity contribution in [3.63, 3.8) is 0 Å². The number of ketones is 1. The molecule has 0 aliphatic heterocycles. The molecule has 2 aromatic carbocycles. The van der Waals surface area contributed by atoms with E-state index in [-0.39, 0.29) is 12.3 Å². The number of nitrogens with one attached hydrogen (secondary N) is 1. The van der Waals surface area contributed by atoms with E-state index in [1.54, 1.807) is 12.3 Å². The summed E-state index contributed by atoms with van der Waals surface area (Å²) in [7, 11) is 0. The minimum absolute atomic E-state index is 0.00775. The third kappa shape index (κ3) is 4.90. The van der Waals surface area contributed by atoms with Crippen molar-refractivity contribution < 1.29 is 4.79 Å². The molecule has 0 heterocycles. The van der Waals surface area contributed by atoms with E-state index in [2.05, 4.69) is 10.3 Å². The predicted molar refractivity (Wildman–Crippen MR) is 83.7 cm³/mol. The number of carbonyl (C=O) groups excluding carboxylic acids is 1. The van der Waals surface area contributed by atoms with Gasteiger partial charge < -0.3 is 5.32 Å². The Labute approximate surface area is 118 Å². The van der Waals surface area contributed by atoms with Gasteiger partial charge in [0, 0.05) is 11.9 Å². The highest BCUT2D eigenvalue weighted by molar-refractivity contribution is 5.96. The lowest BCUT2D eigenvalue weighted by molar-refractivity contribution is -0.113. The Hall–Kier alpha value is -2.68. The molecule has 0 aliphatic rings. The number of aliphatic imine (C=N–C) groups is 1. The maximum absolute atomic E-state index is 11.6. The quantitative estimate of drug-likeness (QED) is 0.639. The first-order chi connectivity index (χ1) is 9.84. The monoisotopic (exact) mass is 264 g/mol. The molecule has 0 fully saturated rings. The van der Waals surface area contributed by atoms with Gasteiger partial charge in [-0.3, -0.25) is 9.79 Å². The summed E-state index contributed by atoms with van der Waals surface area (Å²) in [5.41, 5.74) is 1.80. The molecule has 20 heavy (non-hydrogen) atoms. The first-order valence-corrected chi connectivity index (χ1v) is 6.42. The molecular formula is C17H16N2O. The highest BCUT2D eigenvalue weighted by Crippen LogP contribution is 2.08. The fourth-order valence-corrected chi connectivity index (χ4v) is 1.60. The molecule has 0 amide bonds. The summed E-state index contributed by atoms with van der Waals surface area (Å²) in [6.07, 6.45) is 4.79. The summed E-state index contributed by atoms with van der Waals surface area (Å²) < 4.78 is 0. The molecule has 0 bridgehead atoms. The third-order valence-corrected chi connectivity index (χ3v) is 2.59. The normalized spacial score (nSPS) is 11.0. The van der Waals surface area contributed by atoms with Crippen LogP contribution >= 0.6 is 0 Å². The van der Waals surface area contributed by atoms with Gasteiger partial charge in [0.15, 0.2) is 5.78 Å². The van der Waals surface area contributed by atoms with Crippen molar-refractivity contribution in [2.75, 3.05) is 11.9 Å². The maximum Gasteiger partial charge on any atom is 0.174 e. The molecule has 3 heteroatoms. The van der Waals surface area contributed by atoms with Gasteiger partial charge >= 0.3 is 0 Å². The van der Waals surface area contributed by atoms with Crippen LogP contribution in [0.5, 0.6) is 0 Å². The summed E-state index contributed by atoms with van der Waals surface area (Å²) in [6.45, 7) is 0.277. The average molecular weight is 264 g/mol. The van der Waals surface area contributed by atoms with Gasteiger partial charge in [-0.1, -0.05) is 36.4 Å². The molecule has 0 saturated carbocycles. The number of anilines is 1. The van der Waals surface area contributed by atoms with Crippen LogP contribution in [0.1, 0.15) is 0 Å². The summed E-state index contributed by atoms with van der Waals surface area (Å²) in [5.74, 6) is 0.00775. The van der Waals surface area contributed by atoms with Crippen LogP contribution in [0.3, 0.4) is 0 Å². The Morgan fingerprint density at radius 1 is 1.00 bits per heavy atom. The highest BCUT2D eigenvalue weighted by Gasteiger charge is 1.95. The van der Waals surface area contributed by atoms with Gasteiger partial charge in [0.05, 0.1) is 12.2 Å². The third-order valence-electron chi connectivity index (χ3n) is 2.59. The Balaban J connectivity index is 1.77. The number of benzene rings is 2. The summed E-state index contributed by atoms with van der Waals surface area (Å²) in [6, 6.07) is 19.2. The topological polar surface area (TPSA) is 41.5 Å². The van der Waals surface area contributed by atoms with Crippen molar-refractivity contribution in [1.29, 1.82) is 0 Å². The van der Waals surface area contributed by atoms with Crippen LogP contribution in [0, 0.1) is 0 Å². The molecule has 0 saturated heterocycles. The van der Waals surface area contributed by atoms with Gasteiger partial charge in [-0.05, 0) is 36.4 Å². The molecule has 2 rings (SSSR count). The first-order valence-electron chi connectivity index (χ1n) is 6.42. The zero-order chi connectivity index (χ0) is 14.0. The SMILES string of the molecule is O=C(/C=C/C=Nc1ccccc1)CNc1ccccc1. The first kappa shape index (κ1) is 13.7. The van der Waals surface area contributed by atoms with Gasteiger partial charge in [-0.25, -0.2) is 0 Å². The Kier molecular flexibility index (Phi) is 5.28. The van der Waals surface area contributed by atoms with E-state index < -0.39 is 0 Å². The van der Waals surface area contributed by atoms with Crippen LogP contribution in [-0.2, 0) is 4.79 Å². The Morgan fingerprint density at radius 3 is 2.35 bits per heavy atom. The van der Waals surface area contributed by atoms with Crippen molar-refractivity contribution in [2.24, 2.45) is 4.99 Å². The zero-order valence-electron chi connectivity index (χ0n) is 11.1. The molecule has 2 aromatic rings. The van der Waals surface area contributed by atoms with Crippen LogP contribution in [-0.4, -0.2) is 18.5 Å². The van der Waals surface area contributed by atoms with E-state index in [9.17, 15) is 4.79 Å². The lowest BCUT2D eigenvalue weighted by atomic mass is 10.3. The number of hydrogen-bond donors (Lipinski definition) is 1. The number of hydrogen-bond acceptors (Lipinski definition) is 3. The van der Waals surface area contributed by atoms with E-state index in [0.717, 1.165) is 11.4 Å². The summed E-state index contributed by atoms with van der Waals surface area (Å²) >= 11 is 0. The molecule has 3 nitrogen and oxygen atoms in total. The van der Waals surface area contributed by atoms with E-state index in [1.165, 1.54) is 6.08 Å². The molecule has 0 spiro atoms. The number of para-hydroxylation sites is 2. The molecular weight excluding hydrogens is 248 g/mol. The van der Waals surface area contributed by atoms with Gasteiger partial charge in [-0.15, -0.1) is 0 Å². The van der Waals surface area contributed by atoms with Crippen LogP contribution in [0.4, 0.5) is 11.4 Å². The van der Waals surface area contributed by atoms with Crippen molar-refractivity contribution in [2.45, 2.75) is 0 Å². The van der Waals surface area contributed by atoms with E-state index in [4.69, 9.17) is 0 Å². The molecule has 0 radical (unpaired) electrons. The second kappa shape index (κ2) is 7.69. The van der Waals surface area contributed by atoms with Gasteiger partial charge in [0.25, 0.3) is 0 Å². The molecule has 0 unspecified atom stereocenters. The second-order valence-electron chi connectivity index (χ2n) is 4.16. The van der Waals surface area contributed by atoms with Crippen LogP contribution in [0.15, 0.2) is 77.8 Å². The van der Waals surface area contributed by atoms with Crippen molar-refractivity contribution >= 4 is 23.4 Å². The van der Waals surface area contributed by atoms with Gasteiger partial charge in [0.1, 0.15) is 0 Å². The van der Waals surface area contributed by atoms with Gasteiger partial charge in [0.2, 0.25) is 0 Å². The number of nitrogens with zero attached hydrogens (tertiary/aromatic N) is 1. The minimum Gasteiger partial charge on any atom is -0.378 e. The second-order valence-corrected chi connectivity index (χ2v) is 4.16. The smallest absolute Gasteiger partial charge is 0.174 e. The number of carbonyl (C=O) groups is 1. The molecule has 1 N–H and O–H groups in total. The standard InChI is InChI=1S/C17H16N2O/c20-17(14-19-16-10-5-2-6-11-16)12-7-13-18-15-8-3-1-4-9-15/h1-13,19H,14H2/b12-7+,18-13?. The van der Waals surface area contributed by atoms with Crippen LogP contribution in [0.25, 0.3) is 0 Å². The lowest BCUT2D eigenvalue weighted by Gasteiger charge is -2.02. The Morgan fingerprint density at radius 2 is 1.65 bits per heavy atom. The van der Waals surface area contributed by atoms with Crippen molar-refractivity contribution in [1.82, 2.24) is 0 Å². The number of allylic oxidation sites excluding steroid dienone is 1. The van der Waals surface area contributed by atoms with Crippen molar-refractivity contribution in [3.8, 4) is 0 Å². The van der Waals surface area contributed by atoms with Crippen LogP contribution < -0.4 is 5.32 Å². The summed E-state index contributed by atoms with van der Waals surface area (Å²) in [4.78, 5) is 15.8. The van der Waals surface area contributed by atoms with E-state index in [1.807, 2.05) is 60.7 Å². The Bertz CT molecular complexity index is 589. The predicted octanol–water partition coefficient (Wildman–Crippen LogP) is 3.63. The van der Waals surface area contributed by atoms with Crippen LogP contribution in [0.2, 0.25) is 0 Å². The largest absolute Gasteiger partial charge is 0.378 e. The maximum atomic E-state index is 11.6. The summed E-state index contributed by atoms with van der Waals surface area (Å²) in [5, 5.41) is 3.06. The fraction of sp³-hybridized carbons (Fsp3) is 0.0588. The molecule has 0 atom stereocenters. The lowest BCUT2D eigenvalue weighted by Crippen LogP contribution is -2.10. The number of rotatable bonds is 6. The zero-order valence-corrected chi connectivity index (χ0v) is 11.1. The molecule has 0 aliphatic carbocycles. The highest BCUT2D eigenvalue weighted by atomic mass is 16.1. The molecule has 0 aromatic heterocycles. The van der Waals surface area contributed by atoms with E-state index >= 15 is 0 Å². The fourth-order valence-electron chi connectivity index (χ4n) is 1.60. The molecule has 100 valence electrons. The van der Waals surface area contributed by atoms with Gasteiger partial charge in [-0.2, -0.15) is 0 Å². The van der Waals surface area contributed by atoms with Crippen molar-refractivity contribution in [3.05, 3.63) is 72.8 Å². The average Bonchev–Trinajstić information content (AvgIpc) is 2.52.